The van der Waals surface area contributed by atoms with Crippen LogP contribution in [0.1, 0.15) is 5.56 Å². The largest absolute Gasteiger partial charge is 0.288 e. The van der Waals surface area contributed by atoms with Crippen molar-refractivity contribution >= 4 is 27.7 Å². The van der Waals surface area contributed by atoms with Crippen molar-refractivity contribution in [2.24, 2.45) is 0 Å². The van der Waals surface area contributed by atoms with Crippen molar-refractivity contribution in [2.45, 2.75) is 4.90 Å². The van der Waals surface area contributed by atoms with Gasteiger partial charge in [-0.25, -0.2) is 13.9 Å². The maximum atomic E-state index is 12.6. The summed E-state index contributed by atoms with van der Waals surface area (Å²) in [5.74, 6) is -0.704. The van der Waals surface area contributed by atoms with Crippen LogP contribution in [-0.4, -0.2) is 19.5 Å². The summed E-state index contributed by atoms with van der Waals surface area (Å²) >= 11 is 0. The molecular weight excluding hydrogens is 376 g/mol. The smallest absolute Gasteiger partial charge is 0.267 e. The quantitative estimate of drug-likeness (QED) is 0.338. The molecule has 6 nitrogen and oxygen atoms in total. The molecule has 0 saturated carbocycles. The van der Waals surface area contributed by atoms with Crippen molar-refractivity contribution in [3.05, 3.63) is 90.5 Å². The number of carbonyl (C=O) groups is 1. The van der Waals surface area contributed by atoms with E-state index in [1.54, 1.807) is 24.3 Å². The molecule has 3 N–H and O–H groups in total. The molecule has 0 saturated heterocycles. The van der Waals surface area contributed by atoms with Gasteiger partial charge in [0, 0.05) is 11.8 Å². The molecule has 0 unspecified atom stereocenters. The maximum Gasteiger partial charge on any atom is 0.267 e. The van der Waals surface area contributed by atoms with Gasteiger partial charge in [0.1, 0.15) is 0 Å². The van der Waals surface area contributed by atoms with Crippen LogP contribution in [0.2, 0.25) is 0 Å². The van der Waals surface area contributed by atoms with Crippen molar-refractivity contribution in [3.63, 3.8) is 0 Å². The van der Waals surface area contributed by atoms with Gasteiger partial charge >= 0.3 is 0 Å². The van der Waals surface area contributed by atoms with E-state index in [1.165, 1.54) is 23.7 Å². The van der Waals surface area contributed by atoms with Gasteiger partial charge in [-0.05, 0) is 47.0 Å². The lowest BCUT2D eigenvalue weighted by atomic mass is 10.1. The molecule has 0 aromatic heterocycles. The third-order valence-electron chi connectivity index (χ3n) is 3.95. The molecule has 7 heteroatoms. The first kappa shape index (κ1) is 19.3. The molecule has 0 radical (unpaired) electrons. The highest BCUT2D eigenvalue weighted by molar-refractivity contribution is 7.92. The van der Waals surface area contributed by atoms with E-state index in [-0.39, 0.29) is 4.90 Å². The normalized spacial score (nSPS) is 11.3. The van der Waals surface area contributed by atoms with Gasteiger partial charge in [0.15, 0.2) is 0 Å². The highest BCUT2D eigenvalue weighted by Gasteiger charge is 2.14. The molecule has 142 valence electrons. The Morgan fingerprint density at radius 1 is 0.857 bits per heavy atom. The van der Waals surface area contributed by atoms with Gasteiger partial charge in [-0.3, -0.25) is 14.7 Å². The molecule has 0 fully saturated rings. The van der Waals surface area contributed by atoms with Crippen LogP contribution < -0.4 is 10.2 Å². The lowest BCUT2D eigenvalue weighted by molar-refractivity contribution is -0.124. The second kappa shape index (κ2) is 8.51. The van der Waals surface area contributed by atoms with Gasteiger partial charge in [-0.15, -0.1) is 0 Å². The number of anilines is 1. The van der Waals surface area contributed by atoms with E-state index in [0.29, 0.717) is 11.3 Å². The summed E-state index contributed by atoms with van der Waals surface area (Å²) in [7, 11) is -3.79. The molecule has 28 heavy (non-hydrogen) atoms. The summed E-state index contributed by atoms with van der Waals surface area (Å²) < 4.78 is 27.8. The molecule has 3 aromatic carbocycles. The minimum absolute atomic E-state index is 0.0613. The van der Waals surface area contributed by atoms with Gasteiger partial charge in [0.2, 0.25) is 0 Å². The predicted molar refractivity (Wildman–Crippen MR) is 108 cm³/mol. The Morgan fingerprint density at radius 2 is 1.54 bits per heavy atom. The zero-order valence-corrected chi connectivity index (χ0v) is 15.6. The summed E-state index contributed by atoms with van der Waals surface area (Å²) in [6.45, 7) is 0. The van der Waals surface area contributed by atoms with Gasteiger partial charge in [-0.2, -0.15) is 0 Å². The molecule has 0 aliphatic rings. The molecular formula is C21H18N2O4S. The van der Waals surface area contributed by atoms with Crippen LogP contribution in [0, 0.1) is 0 Å². The molecule has 3 rings (SSSR count). The number of benzene rings is 3. The predicted octanol–water partition coefficient (Wildman–Crippen LogP) is 3.67. The SMILES string of the molecule is O=C(/C=C/c1cccc(S(=O)(=O)Nc2ccc(-c3ccccc3)cc2)c1)NO. The number of amides is 1. The van der Waals surface area contributed by atoms with Crippen LogP contribution in [0.15, 0.2) is 89.8 Å². The van der Waals surface area contributed by atoms with Crippen LogP contribution in [0.25, 0.3) is 17.2 Å². The average molecular weight is 394 g/mol. The van der Waals surface area contributed by atoms with Crippen LogP contribution in [-0.2, 0) is 14.8 Å². The van der Waals surface area contributed by atoms with E-state index in [1.807, 2.05) is 42.5 Å². The Hall–Kier alpha value is -3.42. The standard InChI is InChI=1S/C21H18N2O4S/c24-21(22-25)14-9-16-5-4-8-20(15-16)28(26,27)23-19-12-10-18(11-13-19)17-6-2-1-3-7-17/h1-15,23,25H,(H,22,24)/b14-9+. The fourth-order valence-corrected chi connectivity index (χ4v) is 3.68. The highest BCUT2D eigenvalue weighted by atomic mass is 32.2. The van der Waals surface area contributed by atoms with Crippen molar-refractivity contribution in [1.82, 2.24) is 5.48 Å². The van der Waals surface area contributed by atoms with Gasteiger partial charge < -0.3 is 0 Å². The van der Waals surface area contributed by atoms with Gasteiger partial charge in [-0.1, -0.05) is 54.6 Å². The molecule has 0 aliphatic heterocycles. The van der Waals surface area contributed by atoms with Gasteiger partial charge in [0.05, 0.1) is 4.90 Å². The van der Waals surface area contributed by atoms with Gasteiger partial charge in [0.25, 0.3) is 15.9 Å². The van der Waals surface area contributed by atoms with Crippen LogP contribution in [0.4, 0.5) is 5.69 Å². The first-order valence-corrected chi connectivity index (χ1v) is 9.87. The van der Waals surface area contributed by atoms with E-state index < -0.39 is 15.9 Å². The van der Waals surface area contributed by atoms with E-state index in [2.05, 4.69) is 4.72 Å². The summed E-state index contributed by atoms with van der Waals surface area (Å²) in [4.78, 5) is 11.1. The number of hydroxylamine groups is 1. The Morgan fingerprint density at radius 3 is 2.21 bits per heavy atom. The summed E-state index contributed by atoms with van der Waals surface area (Å²) in [6.07, 6.45) is 2.50. The number of hydrogen-bond acceptors (Lipinski definition) is 4. The first-order valence-electron chi connectivity index (χ1n) is 8.38. The maximum absolute atomic E-state index is 12.6. The fourth-order valence-electron chi connectivity index (χ4n) is 2.57. The molecule has 0 aliphatic carbocycles. The minimum atomic E-state index is -3.79. The molecule has 1 amide bonds. The Balaban J connectivity index is 1.78. The van der Waals surface area contributed by atoms with Crippen molar-refractivity contribution in [1.29, 1.82) is 0 Å². The van der Waals surface area contributed by atoms with Crippen LogP contribution >= 0.6 is 0 Å². The Kier molecular flexibility index (Phi) is 5.88. The Labute approximate surface area is 163 Å². The third kappa shape index (κ3) is 4.85. The number of carbonyl (C=O) groups excluding carboxylic acids is 1. The number of sulfonamides is 1. The lowest BCUT2D eigenvalue weighted by Gasteiger charge is -2.10. The average Bonchev–Trinajstić information content (AvgIpc) is 2.73. The molecule has 0 atom stereocenters. The van der Waals surface area contributed by atoms with E-state index in [0.717, 1.165) is 17.2 Å². The third-order valence-corrected chi connectivity index (χ3v) is 5.33. The minimum Gasteiger partial charge on any atom is -0.288 e. The van der Waals surface area contributed by atoms with Crippen molar-refractivity contribution < 1.29 is 18.4 Å². The topological polar surface area (TPSA) is 95.5 Å². The summed E-state index contributed by atoms with van der Waals surface area (Å²) in [6, 6.07) is 23.0. The number of nitrogens with one attached hydrogen (secondary N) is 2. The summed E-state index contributed by atoms with van der Waals surface area (Å²) in [5, 5.41) is 8.50. The van der Waals surface area contributed by atoms with Crippen molar-refractivity contribution in [2.75, 3.05) is 4.72 Å². The van der Waals surface area contributed by atoms with Crippen molar-refractivity contribution in [3.8, 4) is 11.1 Å². The number of hydrogen-bond donors (Lipinski definition) is 3. The molecule has 0 bridgehead atoms. The highest BCUT2D eigenvalue weighted by Crippen LogP contribution is 2.23. The monoisotopic (exact) mass is 394 g/mol. The zero-order chi connectivity index (χ0) is 20.0. The summed E-state index contributed by atoms with van der Waals surface area (Å²) in [5.41, 5.74) is 4.45. The zero-order valence-electron chi connectivity index (χ0n) is 14.7. The lowest BCUT2D eigenvalue weighted by Crippen LogP contribution is -2.15. The van der Waals surface area contributed by atoms with E-state index in [4.69, 9.17) is 5.21 Å². The molecule has 3 aromatic rings. The number of rotatable bonds is 6. The second-order valence-electron chi connectivity index (χ2n) is 5.93. The molecule has 0 spiro atoms. The second-order valence-corrected chi connectivity index (χ2v) is 7.61. The van der Waals surface area contributed by atoms with Crippen LogP contribution in [0.5, 0.6) is 0 Å². The first-order chi connectivity index (χ1) is 13.5. The fraction of sp³-hybridized carbons (Fsp3) is 0. The molecule has 0 heterocycles. The van der Waals surface area contributed by atoms with E-state index >= 15 is 0 Å². The van der Waals surface area contributed by atoms with Crippen LogP contribution in [0.3, 0.4) is 0 Å². The van der Waals surface area contributed by atoms with E-state index in [9.17, 15) is 13.2 Å². The Bertz CT molecular complexity index is 1090.